The number of aromatic nitrogens is 2. The van der Waals surface area contributed by atoms with Crippen molar-refractivity contribution < 1.29 is 27.5 Å². The van der Waals surface area contributed by atoms with Crippen LogP contribution in [0, 0.1) is 0 Å². The maximum atomic E-state index is 13.0. The maximum absolute atomic E-state index is 13.0. The number of hydrogen-bond acceptors (Lipinski definition) is 4. The Labute approximate surface area is 203 Å². The number of pyridine rings is 1. The van der Waals surface area contributed by atoms with Crippen LogP contribution in [0.3, 0.4) is 0 Å². The van der Waals surface area contributed by atoms with Crippen molar-refractivity contribution in [3.05, 3.63) is 84.3 Å². The Morgan fingerprint density at radius 1 is 1.00 bits per heavy atom. The molecule has 1 fully saturated rings. The summed E-state index contributed by atoms with van der Waals surface area (Å²) in [6.07, 6.45) is 1.57. The Balaban J connectivity index is 1.30. The third kappa shape index (κ3) is 5.02. The van der Waals surface area contributed by atoms with Crippen LogP contribution in [0.25, 0.3) is 10.9 Å². The number of rotatable bonds is 5. The third-order valence-corrected chi connectivity index (χ3v) is 5.96. The summed E-state index contributed by atoms with van der Waals surface area (Å²) in [5, 5.41) is 6.11. The first-order chi connectivity index (χ1) is 17.3. The zero-order valence-corrected chi connectivity index (χ0v) is 18.9. The Kier molecular flexibility index (Phi) is 6.09. The number of carbonyl (C=O) groups is 2. The molecule has 0 spiro atoms. The summed E-state index contributed by atoms with van der Waals surface area (Å²) in [5.41, 5.74) is -0.00859. The molecule has 0 bridgehead atoms. The fourth-order valence-electron chi connectivity index (χ4n) is 3.87. The fourth-order valence-corrected chi connectivity index (χ4v) is 3.87. The van der Waals surface area contributed by atoms with Gasteiger partial charge in [-0.2, -0.15) is 13.2 Å². The molecule has 2 N–H and O–H groups in total. The molecule has 36 heavy (non-hydrogen) atoms. The minimum absolute atomic E-state index is 0.0338. The SMILES string of the molecule is O=C(NC1CCC1)c1cc(Oc2ccc3c(ccn3C(=O)Nc3cccc(C(F)(F)F)c3)c2)ccn1. The van der Waals surface area contributed by atoms with E-state index >= 15 is 0 Å². The molecule has 7 nitrogen and oxygen atoms in total. The number of nitrogens with zero attached hydrogens (tertiary/aromatic N) is 2. The van der Waals surface area contributed by atoms with Gasteiger partial charge in [0.05, 0.1) is 11.1 Å². The summed E-state index contributed by atoms with van der Waals surface area (Å²) in [5.74, 6) is 0.671. The fraction of sp³-hybridized carbons (Fsp3) is 0.192. The molecular weight excluding hydrogens is 473 g/mol. The Bertz CT molecular complexity index is 1440. The molecule has 0 atom stereocenters. The highest BCUT2D eigenvalue weighted by Gasteiger charge is 2.30. The largest absolute Gasteiger partial charge is 0.457 e. The monoisotopic (exact) mass is 494 g/mol. The van der Waals surface area contributed by atoms with Crippen molar-refractivity contribution >= 4 is 28.5 Å². The second-order valence-corrected chi connectivity index (χ2v) is 8.50. The van der Waals surface area contributed by atoms with Crippen molar-refractivity contribution in [2.75, 3.05) is 5.32 Å². The van der Waals surface area contributed by atoms with Crippen LogP contribution in [-0.2, 0) is 6.18 Å². The lowest BCUT2D eigenvalue weighted by atomic mass is 9.93. The van der Waals surface area contributed by atoms with E-state index in [9.17, 15) is 22.8 Å². The average Bonchev–Trinajstić information content (AvgIpc) is 3.24. The van der Waals surface area contributed by atoms with Gasteiger partial charge >= 0.3 is 12.2 Å². The van der Waals surface area contributed by atoms with Crippen LogP contribution in [-0.4, -0.2) is 27.5 Å². The second-order valence-electron chi connectivity index (χ2n) is 8.50. The summed E-state index contributed by atoms with van der Waals surface area (Å²) < 4.78 is 46.1. The summed E-state index contributed by atoms with van der Waals surface area (Å²) in [4.78, 5) is 29.2. The van der Waals surface area contributed by atoms with Crippen LogP contribution in [0.1, 0.15) is 35.3 Å². The van der Waals surface area contributed by atoms with E-state index in [2.05, 4.69) is 15.6 Å². The molecule has 2 aromatic heterocycles. The average molecular weight is 494 g/mol. The van der Waals surface area contributed by atoms with Gasteiger partial charge in [0.2, 0.25) is 0 Å². The molecule has 2 amide bonds. The van der Waals surface area contributed by atoms with Crippen molar-refractivity contribution in [2.24, 2.45) is 0 Å². The molecule has 1 saturated carbocycles. The standard InChI is InChI=1S/C26H21F3N4O3/c27-26(28,29)17-3-1-6-19(14-17)32-25(35)33-12-10-16-13-20(7-8-23(16)33)36-21-9-11-30-22(15-21)24(34)31-18-4-2-5-18/h1,3,6-15,18H,2,4-5H2,(H,31,34)(H,32,35). The molecule has 10 heteroatoms. The van der Waals surface area contributed by atoms with Gasteiger partial charge < -0.3 is 15.4 Å². The van der Waals surface area contributed by atoms with Gasteiger partial charge in [-0.1, -0.05) is 6.07 Å². The summed E-state index contributed by atoms with van der Waals surface area (Å²) in [7, 11) is 0. The van der Waals surface area contributed by atoms with Gasteiger partial charge in [0.1, 0.15) is 17.2 Å². The predicted molar refractivity (Wildman–Crippen MR) is 127 cm³/mol. The number of hydrogen-bond donors (Lipinski definition) is 2. The maximum Gasteiger partial charge on any atom is 0.416 e. The molecule has 1 aliphatic rings. The lowest BCUT2D eigenvalue weighted by molar-refractivity contribution is -0.137. The number of amides is 2. The van der Waals surface area contributed by atoms with Gasteiger partial charge in [0, 0.05) is 35.6 Å². The van der Waals surface area contributed by atoms with E-state index in [-0.39, 0.29) is 23.3 Å². The smallest absolute Gasteiger partial charge is 0.416 e. The molecule has 2 heterocycles. The van der Waals surface area contributed by atoms with E-state index < -0.39 is 17.8 Å². The third-order valence-electron chi connectivity index (χ3n) is 5.96. The van der Waals surface area contributed by atoms with Crippen LogP contribution in [0.15, 0.2) is 73.1 Å². The highest BCUT2D eigenvalue weighted by atomic mass is 19.4. The van der Waals surface area contributed by atoms with Crippen LogP contribution >= 0.6 is 0 Å². The van der Waals surface area contributed by atoms with Gasteiger partial charge in [-0.15, -0.1) is 0 Å². The molecule has 0 radical (unpaired) electrons. The predicted octanol–water partition coefficient (Wildman–Crippen LogP) is 6.21. The van der Waals surface area contributed by atoms with E-state index in [1.165, 1.54) is 29.1 Å². The van der Waals surface area contributed by atoms with Crippen LogP contribution in [0.2, 0.25) is 0 Å². The number of fused-ring (bicyclic) bond motifs is 1. The molecule has 2 aromatic carbocycles. The van der Waals surface area contributed by atoms with Crippen LogP contribution in [0.5, 0.6) is 11.5 Å². The minimum atomic E-state index is -4.51. The van der Waals surface area contributed by atoms with Crippen molar-refractivity contribution in [3.8, 4) is 11.5 Å². The Morgan fingerprint density at radius 2 is 1.81 bits per heavy atom. The van der Waals surface area contributed by atoms with Crippen molar-refractivity contribution in [3.63, 3.8) is 0 Å². The molecule has 5 rings (SSSR count). The first kappa shape index (κ1) is 23.4. The van der Waals surface area contributed by atoms with Crippen LogP contribution < -0.4 is 15.4 Å². The summed E-state index contributed by atoms with van der Waals surface area (Å²) in [6, 6.07) is 14.0. The molecule has 0 aliphatic heterocycles. The molecule has 0 unspecified atom stereocenters. The topological polar surface area (TPSA) is 85.2 Å². The van der Waals surface area contributed by atoms with E-state index in [1.807, 2.05) is 0 Å². The number of carbonyl (C=O) groups excluding carboxylic acids is 2. The zero-order valence-electron chi connectivity index (χ0n) is 18.9. The van der Waals surface area contributed by atoms with E-state index in [4.69, 9.17) is 4.74 Å². The van der Waals surface area contributed by atoms with Crippen molar-refractivity contribution in [2.45, 2.75) is 31.5 Å². The first-order valence-electron chi connectivity index (χ1n) is 11.3. The second kappa shape index (κ2) is 9.37. The van der Waals surface area contributed by atoms with Gasteiger partial charge in [-0.3, -0.25) is 14.3 Å². The Hall–Kier alpha value is -4.34. The van der Waals surface area contributed by atoms with Gasteiger partial charge in [0.15, 0.2) is 0 Å². The Morgan fingerprint density at radius 3 is 2.56 bits per heavy atom. The lowest BCUT2D eigenvalue weighted by Crippen LogP contribution is -2.39. The molecule has 184 valence electrons. The van der Waals surface area contributed by atoms with E-state index in [0.29, 0.717) is 22.4 Å². The molecule has 0 saturated heterocycles. The molecular formula is C26H21F3N4O3. The van der Waals surface area contributed by atoms with Crippen LogP contribution in [0.4, 0.5) is 23.7 Å². The molecule has 1 aliphatic carbocycles. The van der Waals surface area contributed by atoms with E-state index in [0.717, 1.165) is 31.4 Å². The first-order valence-corrected chi connectivity index (χ1v) is 11.3. The summed E-state index contributed by atoms with van der Waals surface area (Å²) >= 11 is 0. The minimum Gasteiger partial charge on any atom is -0.457 e. The number of halogens is 3. The number of benzene rings is 2. The normalized spacial score (nSPS) is 13.8. The van der Waals surface area contributed by atoms with Gasteiger partial charge in [-0.25, -0.2) is 4.79 Å². The molecule has 4 aromatic rings. The van der Waals surface area contributed by atoms with Gasteiger partial charge in [-0.05, 0) is 67.8 Å². The zero-order chi connectivity index (χ0) is 25.3. The number of nitrogens with one attached hydrogen (secondary N) is 2. The van der Waals surface area contributed by atoms with Gasteiger partial charge in [0.25, 0.3) is 5.91 Å². The number of anilines is 1. The highest BCUT2D eigenvalue weighted by molar-refractivity contribution is 5.99. The van der Waals surface area contributed by atoms with Crippen molar-refractivity contribution in [1.82, 2.24) is 14.9 Å². The highest BCUT2D eigenvalue weighted by Crippen LogP contribution is 2.31. The number of ether oxygens (including phenoxy) is 1. The number of alkyl halides is 3. The quantitative estimate of drug-likeness (QED) is 0.346. The van der Waals surface area contributed by atoms with E-state index in [1.54, 1.807) is 36.4 Å². The van der Waals surface area contributed by atoms with Crippen molar-refractivity contribution in [1.29, 1.82) is 0 Å². The summed E-state index contributed by atoms with van der Waals surface area (Å²) in [6.45, 7) is 0. The lowest BCUT2D eigenvalue weighted by Gasteiger charge is -2.26.